The molecule has 8 heteroatoms. The molecule has 2 aromatic carbocycles. The van der Waals surface area contributed by atoms with Gasteiger partial charge in [-0.05, 0) is 11.6 Å². The standard InChI is InChI=1S/C15H12ClN3O4/c16-13-7-6-12(19(22)23)8-11(13)9-17-18-15(21)14(20)10-4-2-1-3-5-10/h1-9,14,20H,(H,18,21)/b17-9+. The summed E-state index contributed by atoms with van der Waals surface area (Å²) in [6, 6.07) is 12.2. The van der Waals surface area contributed by atoms with Gasteiger partial charge in [0.05, 0.1) is 11.1 Å². The maximum Gasteiger partial charge on any atom is 0.273 e. The first kappa shape index (κ1) is 16.6. The van der Waals surface area contributed by atoms with Crippen molar-refractivity contribution in [3.63, 3.8) is 0 Å². The van der Waals surface area contributed by atoms with Gasteiger partial charge in [0.2, 0.25) is 0 Å². The molecule has 0 heterocycles. The summed E-state index contributed by atoms with van der Waals surface area (Å²) in [6.07, 6.45) is -0.195. The highest BCUT2D eigenvalue weighted by Gasteiger charge is 2.16. The zero-order chi connectivity index (χ0) is 16.8. The molecule has 0 saturated carbocycles. The molecule has 0 radical (unpaired) electrons. The number of amides is 1. The summed E-state index contributed by atoms with van der Waals surface area (Å²) in [5.41, 5.74) is 2.71. The lowest BCUT2D eigenvalue weighted by molar-refractivity contribution is -0.384. The third-order valence-corrected chi connectivity index (χ3v) is 3.28. The fourth-order valence-corrected chi connectivity index (χ4v) is 1.92. The maximum absolute atomic E-state index is 11.8. The van der Waals surface area contributed by atoms with Gasteiger partial charge in [0.1, 0.15) is 0 Å². The first-order valence-electron chi connectivity index (χ1n) is 6.49. The smallest absolute Gasteiger partial charge is 0.273 e. The van der Waals surface area contributed by atoms with Crippen LogP contribution in [0.15, 0.2) is 53.6 Å². The summed E-state index contributed by atoms with van der Waals surface area (Å²) in [7, 11) is 0. The number of nitrogens with zero attached hydrogens (tertiary/aromatic N) is 2. The van der Waals surface area contributed by atoms with Gasteiger partial charge >= 0.3 is 0 Å². The molecule has 118 valence electrons. The number of aliphatic hydroxyl groups is 1. The monoisotopic (exact) mass is 333 g/mol. The van der Waals surface area contributed by atoms with Crippen molar-refractivity contribution in [2.75, 3.05) is 0 Å². The molecule has 23 heavy (non-hydrogen) atoms. The second-order valence-corrected chi connectivity index (χ2v) is 4.92. The first-order valence-corrected chi connectivity index (χ1v) is 6.86. The van der Waals surface area contributed by atoms with Crippen LogP contribution in [-0.4, -0.2) is 22.2 Å². The second kappa shape index (κ2) is 7.48. The molecular weight excluding hydrogens is 322 g/mol. The predicted octanol–water partition coefficient (Wildman–Crippen LogP) is 2.43. The van der Waals surface area contributed by atoms with Crippen LogP contribution in [-0.2, 0) is 4.79 Å². The van der Waals surface area contributed by atoms with Gasteiger partial charge in [0, 0.05) is 22.7 Å². The Labute approximate surface area is 136 Å². The van der Waals surface area contributed by atoms with Crippen molar-refractivity contribution in [3.8, 4) is 0 Å². The van der Waals surface area contributed by atoms with E-state index in [0.29, 0.717) is 5.56 Å². The van der Waals surface area contributed by atoms with E-state index in [1.54, 1.807) is 30.3 Å². The Morgan fingerprint density at radius 3 is 2.65 bits per heavy atom. The van der Waals surface area contributed by atoms with Gasteiger partial charge in [0.25, 0.3) is 11.6 Å². The van der Waals surface area contributed by atoms with E-state index in [2.05, 4.69) is 10.5 Å². The molecule has 0 fully saturated rings. The number of nitro benzene ring substituents is 1. The van der Waals surface area contributed by atoms with Crippen LogP contribution in [0.1, 0.15) is 17.2 Å². The number of carbonyl (C=O) groups is 1. The van der Waals surface area contributed by atoms with Gasteiger partial charge in [0.15, 0.2) is 6.10 Å². The number of hydrogen-bond donors (Lipinski definition) is 2. The zero-order valence-corrected chi connectivity index (χ0v) is 12.5. The zero-order valence-electron chi connectivity index (χ0n) is 11.7. The van der Waals surface area contributed by atoms with Crippen molar-refractivity contribution in [3.05, 3.63) is 74.8 Å². The van der Waals surface area contributed by atoms with Crippen LogP contribution in [0.25, 0.3) is 0 Å². The second-order valence-electron chi connectivity index (χ2n) is 4.51. The van der Waals surface area contributed by atoms with Crippen LogP contribution in [0.3, 0.4) is 0 Å². The van der Waals surface area contributed by atoms with Gasteiger partial charge in [-0.3, -0.25) is 14.9 Å². The molecule has 0 saturated heterocycles. The average Bonchev–Trinajstić information content (AvgIpc) is 2.56. The van der Waals surface area contributed by atoms with Crippen LogP contribution in [0.2, 0.25) is 5.02 Å². The minimum absolute atomic E-state index is 0.147. The van der Waals surface area contributed by atoms with Crippen LogP contribution >= 0.6 is 11.6 Å². The van der Waals surface area contributed by atoms with Gasteiger partial charge in [-0.15, -0.1) is 0 Å². The molecule has 0 spiro atoms. The van der Waals surface area contributed by atoms with Gasteiger partial charge in [-0.2, -0.15) is 5.10 Å². The number of hydrazone groups is 1. The molecular formula is C15H12ClN3O4. The van der Waals surface area contributed by atoms with Crippen molar-refractivity contribution in [1.29, 1.82) is 0 Å². The number of rotatable bonds is 5. The molecule has 2 N–H and O–H groups in total. The van der Waals surface area contributed by atoms with E-state index in [1.807, 2.05) is 0 Å². The van der Waals surface area contributed by atoms with Gasteiger partial charge in [-0.25, -0.2) is 5.43 Å². The Balaban J connectivity index is 2.05. The molecule has 2 rings (SSSR count). The van der Waals surface area contributed by atoms with Crippen molar-refractivity contribution in [1.82, 2.24) is 5.43 Å². The summed E-state index contributed by atoms with van der Waals surface area (Å²) < 4.78 is 0. The minimum Gasteiger partial charge on any atom is -0.378 e. The molecule has 0 aromatic heterocycles. The predicted molar refractivity (Wildman–Crippen MR) is 85.2 cm³/mol. The number of non-ortho nitro benzene ring substituents is 1. The first-order chi connectivity index (χ1) is 11.0. The molecule has 1 atom stereocenters. The number of nitro groups is 1. The summed E-state index contributed by atoms with van der Waals surface area (Å²) in [6.45, 7) is 0. The van der Waals surface area contributed by atoms with E-state index >= 15 is 0 Å². The van der Waals surface area contributed by atoms with Crippen molar-refractivity contribution < 1.29 is 14.8 Å². The van der Waals surface area contributed by atoms with Crippen LogP contribution < -0.4 is 5.43 Å². The molecule has 0 bridgehead atoms. The lowest BCUT2D eigenvalue weighted by Crippen LogP contribution is -2.25. The number of hydrogen-bond acceptors (Lipinski definition) is 5. The van der Waals surface area contributed by atoms with Crippen molar-refractivity contribution in [2.24, 2.45) is 5.10 Å². The normalized spacial score (nSPS) is 12.1. The van der Waals surface area contributed by atoms with E-state index in [1.165, 1.54) is 24.4 Å². The molecule has 1 unspecified atom stereocenters. The number of halogens is 1. The minimum atomic E-state index is -1.37. The molecule has 0 aliphatic carbocycles. The fourth-order valence-electron chi connectivity index (χ4n) is 1.76. The van der Waals surface area contributed by atoms with E-state index in [9.17, 15) is 20.0 Å². The largest absolute Gasteiger partial charge is 0.378 e. The van der Waals surface area contributed by atoms with E-state index < -0.39 is 16.9 Å². The Kier molecular flexibility index (Phi) is 5.40. The number of aliphatic hydroxyl groups excluding tert-OH is 1. The van der Waals surface area contributed by atoms with Crippen LogP contribution in [0.5, 0.6) is 0 Å². The van der Waals surface area contributed by atoms with E-state index in [0.717, 1.165) is 0 Å². The maximum atomic E-state index is 11.8. The molecule has 7 nitrogen and oxygen atoms in total. The Morgan fingerprint density at radius 1 is 1.30 bits per heavy atom. The van der Waals surface area contributed by atoms with Crippen LogP contribution in [0.4, 0.5) is 5.69 Å². The average molecular weight is 334 g/mol. The number of benzene rings is 2. The summed E-state index contributed by atoms with van der Waals surface area (Å²) >= 11 is 5.90. The summed E-state index contributed by atoms with van der Waals surface area (Å²) in [4.78, 5) is 21.9. The fraction of sp³-hybridized carbons (Fsp3) is 0.0667. The Morgan fingerprint density at radius 2 is 2.00 bits per heavy atom. The third-order valence-electron chi connectivity index (χ3n) is 2.93. The number of carbonyl (C=O) groups excluding carboxylic acids is 1. The van der Waals surface area contributed by atoms with E-state index in [4.69, 9.17) is 11.6 Å². The Bertz CT molecular complexity index is 750. The quantitative estimate of drug-likeness (QED) is 0.498. The highest BCUT2D eigenvalue weighted by molar-refractivity contribution is 6.33. The molecule has 0 aliphatic heterocycles. The Hall–Kier alpha value is -2.77. The highest BCUT2D eigenvalue weighted by atomic mass is 35.5. The molecule has 1 amide bonds. The van der Waals surface area contributed by atoms with Crippen molar-refractivity contribution >= 4 is 29.4 Å². The number of nitrogens with one attached hydrogen (secondary N) is 1. The molecule has 2 aromatic rings. The topological polar surface area (TPSA) is 105 Å². The van der Waals surface area contributed by atoms with Gasteiger partial charge in [-0.1, -0.05) is 41.9 Å². The molecule has 0 aliphatic rings. The highest BCUT2D eigenvalue weighted by Crippen LogP contribution is 2.20. The summed E-state index contributed by atoms with van der Waals surface area (Å²) in [5.74, 6) is -0.728. The van der Waals surface area contributed by atoms with Crippen LogP contribution in [0, 0.1) is 10.1 Å². The van der Waals surface area contributed by atoms with Crippen molar-refractivity contribution in [2.45, 2.75) is 6.10 Å². The summed E-state index contributed by atoms with van der Waals surface area (Å²) in [5, 5.41) is 24.5. The van der Waals surface area contributed by atoms with Gasteiger partial charge < -0.3 is 5.11 Å². The van der Waals surface area contributed by atoms with E-state index in [-0.39, 0.29) is 16.3 Å². The third kappa shape index (κ3) is 4.35. The lowest BCUT2D eigenvalue weighted by atomic mass is 10.1. The SMILES string of the molecule is O=C(N/N=C/c1cc([N+](=O)[O-])ccc1Cl)C(O)c1ccccc1. The lowest BCUT2D eigenvalue weighted by Gasteiger charge is -2.08.